The van der Waals surface area contributed by atoms with Gasteiger partial charge in [-0.2, -0.15) is 0 Å². The fourth-order valence-electron chi connectivity index (χ4n) is 3.43. The first-order valence-corrected chi connectivity index (χ1v) is 9.26. The maximum atomic E-state index is 12.0. The third-order valence-electron chi connectivity index (χ3n) is 4.74. The van der Waals surface area contributed by atoms with Crippen molar-refractivity contribution in [2.24, 2.45) is 0 Å². The van der Waals surface area contributed by atoms with E-state index in [9.17, 15) is 4.79 Å². The highest BCUT2D eigenvalue weighted by Gasteiger charge is 2.26. The Morgan fingerprint density at radius 2 is 2.18 bits per heavy atom. The first kappa shape index (κ1) is 18.2. The van der Waals surface area contributed by atoms with E-state index in [1.54, 1.807) is 6.20 Å². The van der Waals surface area contributed by atoms with E-state index in [-0.39, 0.29) is 11.9 Å². The predicted octanol–water partition coefficient (Wildman–Crippen LogP) is 0.859. The third-order valence-corrected chi connectivity index (χ3v) is 4.74. The highest BCUT2D eigenvalue weighted by Crippen LogP contribution is 2.26. The summed E-state index contributed by atoms with van der Waals surface area (Å²) in [7, 11) is 3.76. The number of imidazole rings is 1. The first-order valence-electron chi connectivity index (χ1n) is 9.26. The van der Waals surface area contributed by atoms with Crippen molar-refractivity contribution in [2.75, 3.05) is 44.4 Å². The van der Waals surface area contributed by atoms with Crippen LogP contribution in [-0.2, 0) is 4.79 Å². The molecule has 1 amide bonds. The molecule has 1 aliphatic rings. The van der Waals surface area contributed by atoms with Gasteiger partial charge in [-0.15, -0.1) is 0 Å². The number of H-pyrrole nitrogens is 1. The van der Waals surface area contributed by atoms with Crippen LogP contribution in [0.15, 0.2) is 30.5 Å². The molecule has 4 N–H and O–H groups in total. The van der Waals surface area contributed by atoms with Crippen LogP contribution in [0, 0.1) is 0 Å². The zero-order valence-corrected chi connectivity index (χ0v) is 16.0. The lowest BCUT2D eigenvalue weighted by Crippen LogP contribution is -2.41. The number of benzene rings is 1. The number of fused-ring (bicyclic) bond motifs is 1. The van der Waals surface area contributed by atoms with Crippen LogP contribution in [-0.4, -0.2) is 70.5 Å². The zero-order valence-electron chi connectivity index (χ0n) is 16.0. The third kappa shape index (κ3) is 3.74. The van der Waals surface area contributed by atoms with E-state index < -0.39 is 0 Å². The number of nitrogens with one attached hydrogen (secondary N) is 2. The van der Waals surface area contributed by atoms with Gasteiger partial charge in [0.25, 0.3) is 0 Å². The number of anilines is 2. The summed E-state index contributed by atoms with van der Waals surface area (Å²) in [6.07, 6.45) is 2.54. The molecule has 0 aliphatic carbocycles. The number of para-hydroxylation sites is 2. The SMILES string of the molecule is CN(C)CC(=O)NC1CCN(c2cnc(N)c(-c3nc4ccccc4[nH]3)n2)C1. The van der Waals surface area contributed by atoms with E-state index in [2.05, 4.69) is 25.2 Å². The van der Waals surface area contributed by atoms with Gasteiger partial charge in [0.2, 0.25) is 5.91 Å². The van der Waals surface area contributed by atoms with Crippen molar-refractivity contribution in [2.45, 2.75) is 12.5 Å². The fourth-order valence-corrected chi connectivity index (χ4v) is 3.43. The number of aromatic amines is 1. The number of rotatable bonds is 5. The van der Waals surface area contributed by atoms with E-state index >= 15 is 0 Å². The van der Waals surface area contributed by atoms with Gasteiger partial charge in [-0.3, -0.25) is 4.79 Å². The van der Waals surface area contributed by atoms with Crippen LogP contribution in [0.1, 0.15) is 6.42 Å². The summed E-state index contributed by atoms with van der Waals surface area (Å²) in [5.74, 6) is 1.69. The van der Waals surface area contributed by atoms with Gasteiger partial charge in [-0.05, 0) is 32.6 Å². The maximum Gasteiger partial charge on any atom is 0.234 e. The Kier molecular flexibility index (Phi) is 4.82. The molecule has 3 aromatic rings. The molecule has 3 heterocycles. The molecule has 0 spiro atoms. The van der Waals surface area contributed by atoms with E-state index in [4.69, 9.17) is 10.7 Å². The van der Waals surface area contributed by atoms with Gasteiger partial charge in [0.15, 0.2) is 17.3 Å². The molecule has 4 rings (SSSR count). The summed E-state index contributed by atoms with van der Waals surface area (Å²) in [6, 6.07) is 7.88. The molecule has 28 heavy (non-hydrogen) atoms. The van der Waals surface area contributed by atoms with Crippen LogP contribution < -0.4 is 16.0 Å². The van der Waals surface area contributed by atoms with Crippen molar-refractivity contribution in [3.05, 3.63) is 30.5 Å². The molecule has 1 atom stereocenters. The van der Waals surface area contributed by atoms with Crippen molar-refractivity contribution in [3.63, 3.8) is 0 Å². The topological polar surface area (TPSA) is 116 Å². The smallest absolute Gasteiger partial charge is 0.234 e. The van der Waals surface area contributed by atoms with Crippen LogP contribution in [0.2, 0.25) is 0 Å². The Morgan fingerprint density at radius 1 is 1.36 bits per heavy atom. The number of amides is 1. The van der Waals surface area contributed by atoms with E-state index in [0.29, 0.717) is 30.4 Å². The average Bonchev–Trinajstić information content (AvgIpc) is 3.28. The maximum absolute atomic E-state index is 12.0. The molecule has 9 heteroatoms. The summed E-state index contributed by atoms with van der Waals surface area (Å²) in [5, 5.41) is 3.07. The lowest BCUT2D eigenvalue weighted by molar-refractivity contribution is -0.122. The quantitative estimate of drug-likeness (QED) is 0.601. The summed E-state index contributed by atoms with van der Waals surface area (Å²) < 4.78 is 0. The lowest BCUT2D eigenvalue weighted by Gasteiger charge is -2.19. The van der Waals surface area contributed by atoms with E-state index in [0.717, 1.165) is 29.8 Å². The van der Waals surface area contributed by atoms with Crippen LogP contribution in [0.4, 0.5) is 11.6 Å². The summed E-state index contributed by atoms with van der Waals surface area (Å²) in [6.45, 7) is 1.87. The summed E-state index contributed by atoms with van der Waals surface area (Å²) >= 11 is 0. The number of nitrogens with two attached hydrogens (primary N) is 1. The van der Waals surface area contributed by atoms with Crippen molar-refractivity contribution in [3.8, 4) is 11.5 Å². The van der Waals surface area contributed by atoms with Crippen molar-refractivity contribution in [1.29, 1.82) is 0 Å². The molecular weight excluding hydrogens is 356 g/mol. The molecule has 1 unspecified atom stereocenters. The Morgan fingerprint density at radius 3 is 2.96 bits per heavy atom. The molecule has 1 aliphatic heterocycles. The van der Waals surface area contributed by atoms with Crippen LogP contribution in [0.3, 0.4) is 0 Å². The van der Waals surface area contributed by atoms with Crippen molar-refractivity contribution >= 4 is 28.6 Å². The molecule has 146 valence electrons. The Balaban J connectivity index is 1.52. The summed E-state index contributed by atoms with van der Waals surface area (Å²) in [5.41, 5.74) is 8.38. The van der Waals surface area contributed by atoms with E-state index in [1.165, 1.54) is 0 Å². The molecule has 1 aromatic carbocycles. The Hall–Kier alpha value is -3.20. The minimum absolute atomic E-state index is 0.0307. The zero-order chi connectivity index (χ0) is 19.7. The Labute approximate surface area is 163 Å². The lowest BCUT2D eigenvalue weighted by atomic mass is 10.2. The van der Waals surface area contributed by atoms with E-state index in [1.807, 2.05) is 43.3 Å². The Bertz CT molecular complexity index is 966. The molecular formula is C19H24N8O. The van der Waals surface area contributed by atoms with Gasteiger partial charge in [0.05, 0.1) is 23.8 Å². The number of aromatic nitrogens is 4. The van der Waals surface area contributed by atoms with Crippen molar-refractivity contribution in [1.82, 2.24) is 30.2 Å². The molecule has 2 aromatic heterocycles. The highest BCUT2D eigenvalue weighted by molar-refractivity contribution is 5.80. The van der Waals surface area contributed by atoms with Gasteiger partial charge in [0.1, 0.15) is 5.82 Å². The molecule has 1 saturated heterocycles. The number of hydrogen-bond donors (Lipinski definition) is 3. The van der Waals surface area contributed by atoms with Crippen LogP contribution >= 0.6 is 0 Å². The normalized spacial score (nSPS) is 16.8. The second kappa shape index (κ2) is 7.43. The minimum Gasteiger partial charge on any atom is -0.382 e. The average molecular weight is 380 g/mol. The number of carbonyl (C=O) groups excluding carboxylic acids is 1. The second-order valence-electron chi connectivity index (χ2n) is 7.30. The first-order chi connectivity index (χ1) is 13.5. The number of nitrogens with zero attached hydrogens (tertiary/aromatic N) is 5. The molecule has 9 nitrogen and oxygen atoms in total. The minimum atomic E-state index is 0.0307. The number of hydrogen-bond acceptors (Lipinski definition) is 7. The van der Waals surface area contributed by atoms with Gasteiger partial charge in [0, 0.05) is 19.1 Å². The molecule has 0 radical (unpaired) electrons. The summed E-state index contributed by atoms with van der Waals surface area (Å²) in [4.78, 5) is 32.8. The van der Waals surface area contributed by atoms with Crippen LogP contribution in [0.5, 0.6) is 0 Å². The van der Waals surface area contributed by atoms with Crippen molar-refractivity contribution < 1.29 is 4.79 Å². The van der Waals surface area contributed by atoms with Gasteiger partial charge in [-0.25, -0.2) is 15.0 Å². The predicted molar refractivity (Wildman–Crippen MR) is 109 cm³/mol. The van der Waals surface area contributed by atoms with Gasteiger partial charge < -0.3 is 25.8 Å². The second-order valence-corrected chi connectivity index (χ2v) is 7.30. The molecule has 0 bridgehead atoms. The van der Waals surface area contributed by atoms with Gasteiger partial charge in [-0.1, -0.05) is 12.1 Å². The highest BCUT2D eigenvalue weighted by atomic mass is 16.2. The largest absolute Gasteiger partial charge is 0.382 e. The molecule has 0 saturated carbocycles. The fraction of sp³-hybridized carbons (Fsp3) is 0.368. The van der Waals surface area contributed by atoms with Gasteiger partial charge >= 0.3 is 0 Å². The number of nitrogen functional groups attached to an aromatic ring is 1. The molecule has 1 fully saturated rings. The monoisotopic (exact) mass is 380 g/mol. The van der Waals surface area contributed by atoms with Crippen LogP contribution in [0.25, 0.3) is 22.6 Å². The number of carbonyl (C=O) groups is 1. The number of likely N-dealkylation sites (N-methyl/N-ethyl adjacent to an activating group) is 1. The standard InChI is InChI=1S/C19H24N8O/c1-26(2)11-16(28)22-12-7-8-27(10-12)15-9-21-18(20)17(25-15)19-23-13-5-3-4-6-14(13)24-19/h3-6,9,12H,7-8,10-11H2,1-2H3,(H2,20,21)(H,22,28)(H,23,24).